The minimum Gasteiger partial charge on any atom is -0.324 e. The zero-order chi connectivity index (χ0) is 21.8. The van der Waals surface area contributed by atoms with Crippen LogP contribution in [0.25, 0.3) is 0 Å². The first kappa shape index (κ1) is 22.9. The number of alkyl halides is 3. The van der Waals surface area contributed by atoms with Crippen molar-refractivity contribution in [1.82, 2.24) is 4.31 Å². The van der Waals surface area contributed by atoms with Crippen LogP contribution in [0.3, 0.4) is 0 Å². The van der Waals surface area contributed by atoms with E-state index in [0.29, 0.717) is 10.4 Å². The number of nitrogens with one attached hydrogen (secondary N) is 1. The van der Waals surface area contributed by atoms with Gasteiger partial charge in [0.25, 0.3) is 0 Å². The highest BCUT2D eigenvalue weighted by Gasteiger charge is 2.33. The largest absolute Gasteiger partial charge is 0.416 e. The molecule has 1 amide bonds. The summed E-state index contributed by atoms with van der Waals surface area (Å²) in [5.41, 5.74) is -1.09. The fourth-order valence-corrected chi connectivity index (χ4v) is 3.94. The van der Waals surface area contributed by atoms with Crippen LogP contribution in [0.1, 0.15) is 5.56 Å². The zero-order valence-corrected chi connectivity index (χ0v) is 16.3. The van der Waals surface area contributed by atoms with Gasteiger partial charge in [0, 0.05) is 6.54 Å². The summed E-state index contributed by atoms with van der Waals surface area (Å²) in [7, 11) is -4.44. The summed E-state index contributed by atoms with van der Waals surface area (Å²) in [6.07, 6.45) is -3.55. The van der Waals surface area contributed by atoms with Gasteiger partial charge < -0.3 is 5.32 Å². The van der Waals surface area contributed by atoms with E-state index in [9.17, 15) is 30.8 Å². The van der Waals surface area contributed by atoms with Gasteiger partial charge in [0.05, 0.1) is 27.7 Å². The quantitative estimate of drug-likeness (QED) is 0.505. The molecule has 0 saturated carbocycles. The van der Waals surface area contributed by atoms with Crippen LogP contribution >= 0.6 is 11.6 Å². The van der Waals surface area contributed by atoms with Crippen LogP contribution in [0.4, 0.5) is 23.2 Å². The van der Waals surface area contributed by atoms with Crippen LogP contribution in [-0.2, 0) is 21.0 Å². The number of rotatable bonds is 7. The summed E-state index contributed by atoms with van der Waals surface area (Å²) in [5, 5.41) is 2.23. The van der Waals surface area contributed by atoms with E-state index in [1.165, 1.54) is 12.1 Å². The van der Waals surface area contributed by atoms with Crippen molar-refractivity contribution in [3.05, 3.63) is 71.5 Å². The van der Waals surface area contributed by atoms with Crippen LogP contribution < -0.4 is 5.32 Å². The molecule has 0 heterocycles. The van der Waals surface area contributed by atoms with Crippen LogP contribution in [0, 0.1) is 5.82 Å². The van der Waals surface area contributed by atoms with Gasteiger partial charge in [-0.3, -0.25) is 4.79 Å². The fourth-order valence-electron chi connectivity index (χ4n) is 2.31. The fraction of sp³-hybridized carbons (Fsp3) is 0.167. The molecule has 2 aromatic carbocycles. The van der Waals surface area contributed by atoms with E-state index in [0.717, 1.165) is 30.3 Å². The second kappa shape index (κ2) is 8.93. The summed E-state index contributed by atoms with van der Waals surface area (Å²) in [4.78, 5) is 11.6. The first-order valence-electron chi connectivity index (χ1n) is 7.98. The molecule has 0 fully saturated rings. The van der Waals surface area contributed by atoms with Gasteiger partial charge >= 0.3 is 6.18 Å². The molecule has 29 heavy (non-hydrogen) atoms. The Bertz CT molecular complexity index is 1030. The Morgan fingerprint density at radius 3 is 2.48 bits per heavy atom. The molecule has 0 unspecified atom stereocenters. The minimum atomic E-state index is -4.73. The lowest BCUT2D eigenvalue weighted by molar-refractivity contribution is -0.137. The third kappa shape index (κ3) is 5.78. The van der Waals surface area contributed by atoms with E-state index < -0.39 is 44.9 Å². The predicted octanol–water partition coefficient (Wildman–Crippen LogP) is 4.31. The van der Waals surface area contributed by atoms with Crippen molar-refractivity contribution in [3.63, 3.8) is 0 Å². The molecule has 0 bridgehead atoms. The first-order chi connectivity index (χ1) is 13.4. The van der Waals surface area contributed by atoms with Crippen LogP contribution in [-0.4, -0.2) is 31.7 Å². The molecule has 1 N–H and O–H groups in total. The summed E-state index contributed by atoms with van der Waals surface area (Å²) < 4.78 is 77.9. The summed E-state index contributed by atoms with van der Waals surface area (Å²) >= 11 is 5.81. The lowest BCUT2D eigenvalue weighted by atomic mass is 10.2. The molecular weight excluding hydrogens is 436 g/mol. The maximum atomic E-state index is 13.1. The highest BCUT2D eigenvalue weighted by Crippen LogP contribution is 2.31. The van der Waals surface area contributed by atoms with E-state index in [-0.39, 0.29) is 17.3 Å². The van der Waals surface area contributed by atoms with Gasteiger partial charge in [-0.1, -0.05) is 23.7 Å². The number of anilines is 1. The maximum absolute atomic E-state index is 13.1. The molecule has 2 rings (SSSR count). The number of nitrogens with zero attached hydrogens (tertiary/aromatic N) is 1. The molecule has 0 spiro atoms. The third-order valence-corrected chi connectivity index (χ3v) is 5.78. The molecule has 5 nitrogen and oxygen atoms in total. The molecule has 0 aliphatic heterocycles. The van der Waals surface area contributed by atoms with Crippen molar-refractivity contribution in [2.75, 3.05) is 18.4 Å². The zero-order valence-electron chi connectivity index (χ0n) is 14.7. The van der Waals surface area contributed by atoms with Crippen molar-refractivity contribution in [3.8, 4) is 0 Å². The van der Waals surface area contributed by atoms with Crippen molar-refractivity contribution < 1.29 is 30.8 Å². The Morgan fingerprint density at radius 1 is 1.21 bits per heavy atom. The standard InChI is InChI=1S/C18H15ClF4N2O3S/c1-2-8-25(11-17(26)24-16-7-6-13(20)10-15(16)19)29(27,28)14-5-3-4-12(9-14)18(21,22)23/h2-7,9-10H,1,8,11H2,(H,24,26). The first-order valence-corrected chi connectivity index (χ1v) is 9.80. The lowest BCUT2D eigenvalue weighted by Crippen LogP contribution is -2.38. The van der Waals surface area contributed by atoms with Gasteiger partial charge in [-0.2, -0.15) is 17.5 Å². The van der Waals surface area contributed by atoms with E-state index in [4.69, 9.17) is 11.6 Å². The van der Waals surface area contributed by atoms with Gasteiger partial charge in [0.15, 0.2) is 0 Å². The summed E-state index contributed by atoms with van der Waals surface area (Å²) in [5.74, 6) is -1.45. The Balaban J connectivity index is 2.28. The molecule has 2 aromatic rings. The lowest BCUT2D eigenvalue weighted by Gasteiger charge is -2.21. The maximum Gasteiger partial charge on any atom is 0.416 e. The van der Waals surface area contributed by atoms with Crippen molar-refractivity contribution in [1.29, 1.82) is 0 Å². The minimum absolute atomic E-state index is 0.0492. The van der Waals surface area contributed by atoms with Gasteiger partial charge in [-0.05, 0) is 36.4 Å². The van der Waals surface area contributed by atoms with Crippen molar-refractivity contribution in [2.24, 2.45) is 0 Å². The van der Waals surface area contributed by atoms with Crippen molar-refractivity contribution >= 4 is 33.2 Å². The average Bonchev–Trinajstić information content (AvgIpc) is 2.63. The van der Waals surface area contributed by atoms with Gasteiger partial charge in [-0.15, -0.1) is 6.58 Å². The van der Waals surface area contributed by atoms with E-state index >= 15 is 0 Å². The predicted molar refractivity (Wildman–Crippen MR) is 100 cm³/mol. The van der Waals surface area contributed by atoms with Crippen molar-refractivity contribution in [2.45, 2.75) is 11.1 Å². The second-order valence-electron chi connectivity index (χ2n) is 5.78. The van der Waals surface area contributed by atoms with Gasteiger partial charge in [-0.25, -0.2) is 12.8 Å². The van der Waals surface area contributed by atoms with Gasteiger partial charge in [0.2, 0.25) is 15.9 Å². The Hall–Kier alpha value is -2.43. The Labute approximate surface area is 169 Å². The number of halogens is 5. The molecule has 11 heteroatoms. The summed E-state index contributed by atoms with van der Waals surface area (Å²) in [6, 6.07) is 6.37. The van der Waals surface area contributed by atoms with Crippen LogP contribution in [0.5, 0.6) is 0 Å². The van der Waals surface area contributed by atoms with E-state index in [1.807, 2.05) is 0 Å². The highest BCUT2D eigenvalue weighted by atomic mass is 35.5. The number of amides is 1. The number of sulfonamides is 1. The molecule has 0 aliphatic rings. The average molecular weight is 451 g/mol. The Kier molecular flexibility index (Phi) is 7.04. The van der Waals surface area contributed by atoms with Gasteiger partial charge in [0.1, 0.15) is 5.82 Å². The van der Waals surface area contributed by atoms with E-state index in [2.05, 4.69) is 11.9 Å². The molecule has 0 aliphatic carbocycles. The number of carbonyl (C=O) groups excluding carboxylic acids is 1. The molecule has 0 saturated heterocycles. The second-order valence-corrected chi connectivity index (χ2v) is 8.13. The SMILES string of the molecule is C=CCN(CC(=O)Nc1ccc(F)cc1Cl)S(=O)(=O)c1cccc(C(F)(F)F)c1. The van der Waals surface area contributed by atoms with Crippen LogP contribution in [0.15, 0.2) is 60.0 Å². The summed E-state index contributed by atoms with van der Waals surface area (Å²) in [6.45, 7) is 2.34. The normalized spacial score (nSPS) is 12.1. The van der Waals surface area contributed by atoms with E-state index in [1.54, 1.807) is 0 Å². The topological polar surface area (TPSA) is 66.5 Å². The molecule has 0 aromatic heterocycles. The smallest absolute Gasteiger partial charge is 0.324 e. The number of benzene rings is 2. The molecule has 0 atom stereocenters. The number of hydrogen-bond acceptors (Lipinski definition) is 3. The van der Waals surface area contributed by atoms with Crippen LogP contribution in [0.2, 0.25) is 5.02 Å². The Morgan fingerprint density at radius 2 is 1.90 bits per heavy atom. The highest BCUT2D eigenvalue weighted by molar-refractivity contribution is 7.89. The number of carbonyl (C=O) groups is 1. The third-order valence-electron chi connectivity index (χ3n) is 3.66. The molecule has 0 radical (unpaired) electrons. The molecule has 156 valence electrons. The monoisotopic (exact) mass is 450 g/mol. The molecular formula is C18H15ClF4N2O3S. The number of hydrogen-bond donors (Lipinski definition) is 1.